The Hall–Kier alpha value is -0.230. The minimum Gasteiger partial charge on any atom is -0.317 e. The highest BCUT2D eigenvalue weighted by Crippen LogP contribution is 2.34. The van der Waals surface area contributed by atoms with Crippen LogP contribution in [-0.2, 0) is 0 Å². The maximum Gasteiger partial charge on any atom is 0.0967 e. The van der Waals surface area contributed by atoms with Crippen molar-refractivity contribution >= 4 is 44.2 Å². The number of thiazole rings is 1. The molecule has 0 bridgehead atoms. The Balaban J connectivity index is 0.00000147. The molecule has 0 amide bonds. The molecule has 0 saturated carbocycles. The second-order valence-electron chi connectivity index (χ2n) is 4.99. The van der Waals surface area contributed by atoms with E-state index in [9.17, 15) is 0 Å². The fourth-order valence-corrected chi connectivity index (χ4v) is 3.91. The van der Waals surface area contributed by atoms with E-state index in [1.165, 1.54) is 28.3 Å². The van der Waals surface area contributed by atoms with Crippen molar-refractivity contribution in [1.82, 2.24) is 10.3 Å². The van der Waals surface area contributed by atoms with Crippen molar-refractivity contribution in [3.05, 3.63) is 38.6 Å². The van der Waals surface area contributed by atoms with E-state index >= 15 is 0 Å². The highest BCUT2D eigenvalue weighted by Gasteiger charge is 2.20. The molecule has 0 atom stereocenters. The van der Waals surface area contributed by atoms with Crippen LogP contribution in [0.5, 0.6) is 0 Å². The Kier molecular flexibility index (Phi) is 5.78. The van der Waals surface area contributed by atoms with Gasteiger partial charge < -0.3 is 5.32 Å². The Morgan fingerprint density at radius 1 is 1.20 bits per heavy atom. The van der Waals surface area contributed by atoms with Crippen molar-refractivity contribution in [3.63, 3.8) is 0 Å². The van der Waals surface area contributed by atoms with E-state index in [-0.39, 0.29) is 17.0 Å². The van der Waals surface area contributed by atoms with Gasteiger partial charge in [-0.3, -0.25) is 0 Å². The Bertz CT molecular complexity index is 560. The Labute approximate surface area is 142 Å². The van der Waals surface area contributed by atoms with Crippen molar-refractivity contribution in [2.75, 3.05) is 13.1 Å². The van der Waals surface area contributed by atoms with Crippen molar-refractivity contribution < 1.29 is 0 Å². The van der Waals surface area contributed by atoms with E-state index in [0.29, 0.717) is 5.92 Å². The van der Waals surface area contributed by atoms with Crippen LogP contribution in [-0.4, -0.2) is 18.1 Å². The highest BCUT2D eigenvalue weighted by atomic mass is 79.9. The molecular formula is C15H18Br2N2S. The fraction of sp³-hybridized carbons (Fsp3) is 0.400. The van der Waals surface area contributed by atoms with Crippen molar-refractivity contribution in [3.8, 4) is 11.3 Å². The van der Waals surface area contributed by atoms with Gasteiger partial charge in [0.15, 0.2) is 0 Å². The summed E-state index contributed by atoms with van der Waals surface area (Å²) in [7, 11) is 0. The summed E-state index contributed by atoms with van der Waals surface area (Å²) in [6, 6.07) is 8.44. The molecule has 0 spiro atoms. The molecular weight excluding hydrogens is 400 g/mol. The van der Waals surface area contributed by atoms with E-state index in [1.54, 1.807) is 0 Å². The molecule has 0 radical (unpaired) electrons. The minimum absolute atomic E-state index is 0. The molecule has 108 valence electrons. The van der Waals surface area contributed by atoms with Gasteiger partial charge in [-0.2, -0.15) is 0 Å². The van der Waals surface area contributed by atoms with Gasteiger partial charge in [0, 0.05) is 20.8 Å². The monoisotopic (exact) mass is 416 g/mol. The SMILES string of the molecule is Br.Cc1sc(C2CCNCC2)nc1-c1ccc(Br)cc1. The lowest BCUT2D eigenvalue weighted by Crippen LogP contribution is -2.26. The smallest absolute Gasteiger partial charge is 0.0967 e. The summed E-state index contributed by atoms with van der Waals surface area (Å²) in [4.78, 5) is 6.24. The van der Waals surface area contributed by atoms with Crippen LogP contribution in [0.1, 0.15) is 28.6 Å². The van der Waals surface area contributed by atoms with Crippen LogP contribution in [0, 0.1) is 6.92 Å². The summed E-state index contributed by atoms with van der Waals surface area (Å²) in [5, 5.41) is 4.73. The van der Waals surface area contributed by atoms with E-state index in [2.05, 4.69) is 52.4 Å². The molecule has 2 heterocycles. The molecule has 20 heavy (non-hydrogen) atoms. The first kappa shape index (κ1) is 16.1. The zero-order valence-electron chi connectivity index (χ0n) is 11.4. The van der Waals surface area contributed by atoms with Crippen LogP contribution in [0.3, 0.4) is 0 Å². The number of nitrogens with one attached hydrogen (secondary N) is 1. The van der Waals surface area contributed by atoms with Gasteiger partial charge in [0.1, 0.15) is 0 Å². The van der Waals surface area contributed by atoms with Gasteiger partial charge in [-0.1, -0.05) is 28.1 Å². The fourth-order valence-electron chi connectivity index (χ4n) is 2.54. The predicted molar refractivity (Wildman–Crippen MR) is 95.2 cm³/mol. The lowest BCUT2D eigenvalue weighted by molar-refractivity contribution is 0.459. The highest BCUT2D eigenvalue weighted by molar-refractivity contribution is 9.10. The van der Waals surface area contributed by atoms with Gasteiger partial charge >= 0.3 is 0 Å². The number of piperidine rings is 1. The Morgan fingerprint density at radius 3 is 2.50 bits per heavy atom. The third kappa shape index (κ3) is 3.50. The molecule has 0 unspecified atom stereocenters. The summed E-state index contributed by atoms with van der Waals surface area (Å²) in [5.74, 6) is 0.647. The molecule has 1 aromatic carbocycles. The molecule has 2 nitrogen and oxygen atoms in total. The maximum atomic E-state index is 4.91. The number of nitrogens with zero attached hydrogens (tertiary/aromatic N) is 1. The first-order valence-corrected chi connectivity index (χ1v) is 8.29. The molecule has 1 fully saturated rings. The summed E-state index contributed by atoms with van der Waals surface area (Å²) < 4.78 is 1.11. The molecule has 1 saturated heterocycles. The number of benzene rings is 1. The van der Waals surface area contributed by atoms with Crippen LogP contribution in [0.2, 0.25) is 0 Å². The summed E-state index contributed by atoms with van der Waals surface area (Å²) in [5.41, 5.74) is 2.38. The van der Waals surface area contributed by atoms with Crippen LogP contribution in [0.15, 0.2) is 28.7 Å². The van der Waals surface area contributed by atoms with E-state index in [1.807, 2.05) is 11.3 Å². The van der Waals surface area contributed by atoms with Crippen LogP contribution >= 0.6 is 44.2 Å². The van der Waals surface area contributed by atoms with Gasteiger partial charge in [0.2, 0.25) is 0 Å². The Morgan fingerprint density at radius 2 is 1.85 bits per heavy atom. The van der Waals surface area contributed by atoms with Crippen LogP contribution in [0.4, 0.5) is 0 Å². The van der Waals surface area contributed by atoms with Gasteiger partial charge in [-0.25, -0.2) is 4.98 Å². The number of rotatable bonds is 2. The number of halogens is 2. The van der Waals surface area contributed by atoms with Gasteiger partial charge in [-0.15, -0.1) is 28.3 Å². The number of aryl methyl sites for hydroxylation is 1. The average Bonchev–Trinajstić information content (AvgIpc) is 2.83. The normalized spacial score (nSPS) is 15.9. The van der Waals surface area contributed by atoms with Crippen molar-refractivity contribution in [2.24, 2.45) is 0 Å². The third-order valence-electron chi connectivity index (χ3n) is 3.62. The maximum absolute atomic E-state index is 4.91. The van der Waals surface area contributed by atoms with Crippen molar-refractivity contribution in [2.45, 2.75) is 25.7 Å². The quantitative estimate of drug-likeness (QED) is 0.749. The van der Waals surface area contributed by atoms with E-state index in [4.69, 9.17) is 4.98 Å². The second-order valence-corrected chi connectivity index (χ2v) is 7.14. The average molecular weight is 418 g/mol. The lowest BCUT2D eigenvalue weighted by atomic mass is 9.99. The van der Waals surface area contributed by atoms with E-state index in [0.717, 1.165) is 23.3 Å². The zero-order valence-corrected chi connectivity index (χ0v) is 15.5. The molecule has 5 heteroatoms. The number of hydrogen-bond donors (Lipinski definition) is 1. The minimum atomic E-state index is 0. The van der Waals surface area contributed by atoms with Gasteiger partial charge in [0.25, 0.3) is 0 Å². The summed E-state index contributed by atoms with van der Waals surface area (Å²) in [6.45, 7) is 4.42. The topological polar surface area (TPSA) is 24.9 Å². The first-order chi connectivity index (χ1) is 9.24. The summed E-state index contributed by atoms with van der Waals surface area (Å²) >= 11 is 5.35. The van der Waals surface area contributed by atoms with Gasteiger partial charge in [-0.05, 0) is 45.0 Å². The largest absolute Gasteiger partial charge is 0.317 e. The molecule has 1 aliphatic rings. The standard InChI is InChI=1S/C15H17BrN2S.BrH/c1-10-14(11-2-4-13(16)5-3-11)18-15(19-10)12-6-8-17-9-7-12;/h2-5,12,17H,6-9H2,1H3;1H. The van der Waals surface area contributed by atoms with E-state index < -0.39 is 0 Å². The van der Waals surface area contributed by atoms with Crippen LogP contribution < -0.4 is 5.32 Å². The molecule has 2 aromatic rings. The molecule has 1 aromatic heterocycles. The summed E-state index contributed by atoms with van der Waals surface area (Å²) in [6.07, 6.45) is 2.43. The predicted octanol–water partition coefficient (Wildman–Crippen LogP) is 4.93. The van der Waals surface area contributed by atoms with Crippen molar-refractivity contribution in [1.29, 1.82) is 0 Å². The number of aromatic nitrogens is 1. The second kappa shape index (κ2) is 7.16. The molecule has 1 N–H and O–H groups in total. The van der Waals surface area contributed by atoms with Gasteiger partial charge in [0.05, 0.1) is 10.7 Å². The number of hydrogen-bond acceptors (Lipinski definition) is 3. The third-order valence-corrected chi connectivity index (χ3v) is 5.28. The lowest BCUT2D eigenvalue weighted by Gasteiger charge is -2.20. The zero-order chi connectivity index (χ0) is 13.2. The molecule has 0 aliphatic carbocycles. The molecule has 3 rings (SSSR count). The first-order valence-electron chi connectivity index (χ1n) is 6.68. The molecule has 1 aliphatic heterocycles. The van der Waals surface area contributed by atoms with Crippen LogP contribution in [0.25, 0.3) is 11.3 Å².